The zero-order chi connectivity index (χ0) is 13.4. The van der Waals surface area contributed by atoms with Crippen LogP contribution in [0.5, 0.6) is 5.75 Å². The molecule has 2 aromatic heterocycles. The Morgan fingerprint density at radius 3 is 2.89 bits per heavy atom. The van der Waals surface area contributed by atoms with E-state index in [2.05, 4.69) is 15.1 Å². The highest BCUT2D eigenvalue weighted by molar-refractivity contribution is 6.30. The van der Waals surface area contributed by atoms with Crippen LogP contribution < -0.4 is 0 Å². The van der Waals surface area contributed by atoms with Gasteiger partial charge in [-0.1, -0.05) is 16.8 Å². The molecule has 1 N–H and O–H groups in total. The predicted molar refractivity (Wildman–Crippen MR) is 68.6 cm³/mol. The number of hydrogen-bond acceptors (Lipinski definition) is 5. The molecule has 0 saturated carbocycles. The maximum Gasteiger partial charge on any atom is 0.262 e. The summed E-state index contributed by atoms with van der Waals surface area (Å²) in [6.45, 7) is 0. The number of phenolic OH excluding ortho intramolecular Hbond substituents is 1. The lowest BCUT2D eigenvalue weighted by Gasteiger charge is -1.98. The summed E-state index contributed by atoms with van der Waals surface area (Å²) in [6.07, 6.45) is 3.43. The second kappa shape index (κ2) is 4.40. The van der Waals surface area contributed by atoms with Gasteiger partial charge < -0.3 is 14.2 Å². The molecule has 0 atom stereocenters. The SMILES string of the molecule is Cn1ccnc1-c1noc(-c2ccc(Cl)cc2O)n1. The molecule has 7 heteroatoms. The third-order valence-electron chi connectivity index (χ3n) is 2.64. The van der Waals surface area contributed by atoms with Gasteiger partial charge in [0.15, 0.2) is 5.82 Å². The van der Waals surface area contributed by atoms with Crippen LogP contribution in [0.4, 0.5) is 0 Å². The summed E-state index contributed by atoms with van der Waals surface area (Å²) >= 11 is 5.77. The van der Waals surface area contributed by atoms with Crippen molar-refractivity contribution in [3.05, 3.63) is 35.6 Å². The quantitative estimate of drug-likeness (QED) is 0.778. The summed E-state index contributed by atoms with van der Waals surface area (Å²) in [5, 5.41) is 14.1. The third-order valence-corrected chi connectivity index (χ3v) is 2.87. The Balaban J connectivity index is 2.04. The van der Waals surface area contributed by atoms with Crippen LogP contribution in [0.3, 0.4) is 0 Å². The van der Waals surface area contributed by atoms with E-state index >= 15 is 0 Å². The average Bonchev–Trinajstić information content (AvgIpc) is 2.97. The molecule has 0 spiro atoms. The zero-order valence-corrected chi connectivity index (χ0v) is 10.7. The fourth-order valence-corrected chi connectivity index (χ4v) is 1.86. The Morgan fingerprint density at radius 1 is 1.37 bits per heavy atom. The second-order valence-electron chi connectivity index (χ2n) is 3.95. The first-order valence-electron chi connectivity index (χ1n) is 5.45. The number of aryl methyl sites for hydroxylation is 1. The minimum absolute atomic E-state index is 0.0115. The number of nitrogens with zero attached hydrogens (tertiary/aromatic N) is 4. The summed E-state index contributed by atoms with van der Waals surface area (Å²) in [5.41, 5.74) is 0.428. The monoisotopic (exact) mass is 276 g/mol. The Labute approximate surface area is 113 Å². The number of halogens is 1. The Bertz CT molecular complexity index is 735. The van der Waals surface area contributed by atoms with Gasteiger partial charge >= 0.3 is 0 Å². The van der Waals surface area contributed by atoms with Crippen molar-refractivity contribution in [3.63, 3.8) is 0 Å². The van der Waals surface area contributed by atoms with Crippen LogP contribution in [0.15, 0.2) is 35.1 Å². The van der Waals surface area contributed by atoms with E-state index in [0.29, 0.717) is 22.2 Å². The average molecular weight is 277 g/mol. The predicted octanol–water partition coefficient (Wildman–Crippen LogP) is 2.50. The molecule has 3 aromatic rings. The number of aromatic nitrogens is 4. The minimum atomic E-state index is -0.0115. The first-order valence-corrected chi connectivity index (χ1v) is 5.83. The molecule has 0 aliphatic heterocycles. The fraction of sp³-hybridized carbons (Fsp3) is 0.0833. The Kier molecular flexibility index (Phi) is 2.72. The van der Waals surface area contributed by atoms with Crippen LogP contribution in [0.25, 0.3) is 23.1 Å². The number of phenols is 1. The van der Waals surface area contributed by atoms with Crippen molar-refractivity contribution in [2.75, 3.05) is 0 Å². The maximum atomic E-state index is 9.81. The van der Waals surface area contributed by atoms with Crippen molar-refractivity contribution in [1.82, 2.24) is 19.7 Å². The number of aromatic hydroxyl groups is 1. The highest BCUT2D eigenvalue weighted by Gasteiger charge is 2.16. The Hall–Kier alpha value is -2.34. The molecule has 1 aromatic carbocycles. The second-order valence-corrected chi connectivity index (χ2v) is 4.38. The summed E-state index contributed by atoms with van der Waals surface area (Å²) in [4.78, 5) is 8.33. The van der Waals surface area contributed by atoms with E-state index < -0.39 is 0 Å². The number of imidazole rings is 1. The highest BCUT2D eigenvalue weighted by atomic mass is 35.5. The van der Waals surface area contributed by atoms with E-state index in [-0.39, 0.29) is 11.6 Å². The molecule has 0 bridgehead atoms. The van der Waals surface area contributed by atoms with Gasteiger partial charge in [0, 0.05) is 24.5 Å². The Morgan fingerprint density at radius 2 is 2.21 bits per heavy atom. The topological polar surface area (TPSA) is 77.0 Å². The van der Waals surface area contributed by atoms with E-state index in [9.17, 15) is 5.11 Å². The summed E-state index contributed by atoms with van der Waals surface area (Å²) in [7, 11) is 1.83. The molecule has 0 aliphatic carbocycles. The van der Waals surface area contributed by atoms with Crippen LogP contribution in [-0.2, 0) is 7.05 Å². The molecule has 0 radical (unpaired) electrons. The third kappa shape index (κ3) is 2.06. The molecular formula is C12H9ClN4O2. The lowest BCUT2D eigenvalue weighted by molar-refractivity contribution is 0.425. The van der Waals surface area contributed by atoms with Crippen molar-refractivity contribution >= 4 is 11.6 Å². The molecule has 6 nitrogen and oxygen atoms in total. The van der Waals surface area contributed by atoms with E-state index in [1.165, 1.54) is 6.07 Å². The first-order chi connectivity index (χ1) is 9.15. The number of rotatable bonds is 2. The molecule has 96 valence electrons. The van der Waals surface area contributed by atoms with Crippen molar-refractivity contribution in [2.24, 2.45) is 7.05 Å². The molecule has 3 rings (SSSR count). The fourth-order valence-electron chi connectivity index (χ4n) is 1.69. The summed E-state index contributed by atoms with van der Waals surface area (Å²) in [5.74, 6) is 1.15. The minimum Gasteiger partial charge on any atom is -0.507 e. The van der Waals surface area contributed by atoms with Gasteiger partial charge in [-0.2, -0.15) is 4.98 Å². The van der Waals surface area contributed by atoms with E-state index in [1.807, 2.05) is 7.05 Å². The lowest BCUT2D eigenvalue weighted by atomic mass is 10.2. The van der Waals surface area contributed by atoms with E-state index in [1.54, 1.807) is 29.1 Å². The smallest absolute Gasteiger partial charge is 0.262 e. The molecule has 0 saturated heterocycles. The van der Waals surface area contributed by atoms with Crippen LogP contribution in [0.2, 0.25) is 5.02 Å². The standard InChI is InChI=1S/C12H9ClN4O2/c1-17-5-4-14-11(17)10-15-12(19-16-10)8-3-2-7(13)6-9(8)18/h2-6,18H,1H3. The van der Waals surface area contributed by atoms with E-state index in [4.69, 9.17) is 16.1 Å². The number of hydrogen-bond donors (Lipinski definition) is 1. The van der Waals surface area contributed by atoms with Crippen molar-refractivity contribution in [1.29, 1.82) is 0 Å². The van der Waals surface area contributed by atoms with Crippen molar-refractivity contribution < 1.29 is 9.63 Å². The van der Waals surface area contributed by atoms with Crippen LogP contribution in [0.1, 0.15) is 0 Å². The van der Waals surface area contributed by atoms with Gasteiger partial charge in [-0.3, -0.25) is 0 Å². The molecule has 0 unspecified atom stereocenters. The van der Waals surface area contributed by atoms with E-state index in [0.717, 1.165) is 0 Å². The molecule has 19 heavy (non-hydrogen) atoms. The van der Waals surface area contributed by atoms with Gasteiger partial charge in [-0.15, -0.1) is 0 Å². The number of benzene rings is 1. The van der Waals surface area contributed by atoms with Crippen molar-refractivity contribution in [2.45, 2.75) is 0 Å². The van der Waals surface area contributed by atoms with Gasteiger partial charge in [0.1, 0.15) is 5.75 Å². The van der Waals surface area contributed by atoms with Gasteiger partial charge in [-0.05, 0) is 18.2 Å². The molecule has 0 fully saturated rings. The molecule has 0 aliphatic rings. The van der Waals surface area contributed by atoms with Gasteiger partial charge in [0.2, 0.25) is 5.82 Å². The molecule has 0 amide bonds. The zero-order valence-electron chi connectivity index (χ0n) is 9.91. The van der Waals surface area contributed by atoms with Gasteiger partial charge in [0.25, 0.3) is 5.89 Å². The first kappa shape index (κ1) is 11.7. The molecular weight excluding hydrogens is 268 g/mol. The maximum absolute atomic E-state index is 9.81. The summed E-state index contributed by atoms with van der Waals surface area (Å²) in [6, 6.07) is 4.68. The summed E-state index contributed by atoms with van der Waals surface area (Å²) < 4.78 is 6.91. The van der Waals surface area contributed by atoms with Crippen LogP contribution >= 0.6 is 11.6 Å². The lowest BCUT2D eigenvalue weighted by Crippen LogP contribution is -1.92. The highest BCUT2D eigenvalue weighted by Crippen LogP contribution is 2.31. The largest absolute Gasteiger partial charge is 0.507 e. The van der Waals surface area contributed by atoms with Crippen LogP contribution in [0, 0.1) is 0 Å². The van der Waals surface area contributed by atoms with Gasteiger partial charge in [0.05, 0.1) is 5.56 Å². The molecule has 2 heterocycles. The normalized spacial score (nSPS) is 10.8. The van der Waals surface area contributed by atoms with Gasteiger partial charge in [-0.25, -0.2) is 4.98 Å². The van der Waals surface area contributed by atoms with Crippen molar-refractivity contribution in [3.8, 4) is 28.9 Å². The van der Waals surface area contributed by atoms with Crippen LogP contribution in [-0.4, -0.2) is 24.8 Å².